The number of carbonyl (C=O) groups is 10. The molecular formula is C42H58N8O16S3. The van der Waals surface area contributed by atoms with Gasteiger partial charge in [-0.1, -0.05) is 24.3 Å². The van der Waals surface area contributed by atoms with Crippen LogP contribution in [-0.4, -0.2) is 168 Å². The lowest BCUT2D eigenvalue weighted by molar-refractivity contribution is -0.142. The van der Waals surface area contributed by atoms with Gasteiger partial charge in [-0.05, 0) is 67.2 Å². The molecule has 2 rings (SSSR count). The molecule has 0 unspecified atom stereocenters. The Morgan fingerprint density at radius 2 is 0.957 bits per heavy atom. The third kappa shape index (κ3) is 20.9. The number of rotatable bonds is 30. The molecule has 0 radical (unpaired) electrons. The number of carboxylic acid groups (broad SMARTS) is 3. The van der Waals surface area contributed by atoms with Gasteiger partial charge in [-0.3, -0.25) is 43.2 Å². The lowest BCUT2D eigenvalue weighted by Gasteiger charge is -2.28. The first-order valence-corrected chi connectivity index (χ1v) is 23.6. The number of benzene rings is 2. The number of aliphatic carboxylic acids is 3. The van der Waals surface area contributed by atoms with Crippen molar-refractivity contribution in [1.82, 2.24) is 37.2 Å². The molecule has 0 spiro atoms. The number of phenols is 2. The summed E-state index contributed by atoms with van der Waals surface area (Å²) in [5, 5.41) is 75.1. The fourth-order valence-electron chi connectivity index (χ4n) is 6.14. The minimum atomic E-state index is -1.98. The fourth-order valence-corrected chi connectivity index (χ4v) is 7.02. The van der Waals surface area contributed by atoms with Crippen molar-refractivity contribution < 1.29 is 78.6 Å². The van der Waals surface area contributed by atoms with Crippen molar-refractivity contribution in [2.75, 3.05) is 23.5 Å². The maximum atomic E-state index is 14.1. The summed E-state index contributed by atoms with van der Waals surface area (Å²) in [6.07, 6.45) is -2.92. The van der Waals surface area contributed by atoms with Crippen LogP contribution in [0.5, 0.6) is 11.5 Å². The van der Waals surface area contributed by atoms with E-state index in [1.807, 2.05) is 0 Å². The highest BCUT2D eigenvalue weighted by Gasteiger charge is 2.36. The SMILES string of the molecule is CSCC[C@H](NC(=O)[C@H](CCC(=O)O)NC(=O)[C@@H](N)CS)C(=O)N[C@@H](CC(=O)O)C(=O)N[C@H](C(=O)N[C@@H](Cc1ccc(O)cc1)C(=O)N[C@@H](Cc1ccc(O)cc1)C(=O)N[C@@H](CS)C(=O)O)[C@@H](C)O. The average Bonchev–Trinajstić information content (AvgIpc) is 3.29. The molecule has 380 valence electrons. The molecule has 0 bridgehead atoms. The minimum absolute atomic E-state index is 0.114. The molecule has 2 aromatic carbocycles. The van der Waals surface area contributed by atoms with Crippen LogP contribution in [-0.2, 0) is 60.8 Å². The van der Waals surface area contributed by atoms with Crippen LogP contribution in [0.15, 0.2) is 48.5 Å². The van der Waals surface area contributed by atoms with Gasteiger partial charge in [0.1, 0.15) is 53.8 Å². The molecule has 69 heavy (non-hydrogen) atoms. The zero-order valence-electron chi connectivity index (χ0n) is 37.3. The van der Waals surface area contributed by atoms with Gasteiger partial charge in [-0.25, -0.2) is 4.79 Å². The van der Waals surface area contributed by atoms with Crippen LogP contribution < -0.4 is 43.0 Å². The summed E-state index contributed by atoms with van der Waals surface area (Å²) >= 11 is 9.14. The number of hydrogen-bond donors (Lipinski definition) is 16. The molecule has 0 aliphatic carbocycles. The van der Waals surface area contributed by atoms with Gasteiger partial charge in [0.15, 0.2) is 0 Å². The van der Waals surface area contributed by atoms with Crippen LogP contribution in [0.25, 0.3) is 0 Å². The van der Waals surface area contributed by atoms with E-state index in [1.165, 1.54) is 60.3 Å². The van der Waals surface area contributed by atoms with Crippen LogP contribution in [0.3, 0.4) is 0 Å². The smallest absolute Gasteiger partial charge is 0.327 e. The number of thioether (sulfide) groups is 1. The Balaban J connectivity index is 2.46. The van der Waals surface area contributed by atoms with Crippen molar-refractivity contribution in [1.29, 1.82) is 0 Å². The molecule has 0 fully saturated rings. The van der Waals surface area contributed by atoms with E-state index in [4.69, 9.17) is 5.73 Å². The molecule has 0 saturated heterocycles. The quantitative estimate of drug-likeness (QED) is 0.0347. The number of carbonyl (C=O) groups excluding carboxylic acids is 7. The van der Waals surface area contributed by atoms with E-state index in [2.05, 4.69) is 62.5 Å². The Labute approximate surface area is 410 Å². The first-order chi connectivity index (χ1) is 32.5. The van der Waals surface area contributed by atoms with Gasteiger partial charge in [0.05, 0.1) is 18.6 Å². The molecule has 7 amide bonds. The summed E-state index contributed by atoms with van der Waals surface area (Å²) in [6.45, 7) is 1.07. The van der Waals surface area contributed by atoms with Crippen molar-refractivity contribution in [3.63, 3.8) is 0 Å². The molecule has 15 N–H and O–H groups in total. The van der Waals surface area contributed by atoms with Gasteiger partial charge in [-0.2, -0.15) is 37.0 Å². The second-order valence-electron chi connectivity index (χ2n) is 15.5. The van der Waals surface area contributed by atoms with E-state index in [0.29, 0.717) is 11.1 Å². The largest absolute Gasteiger partial charge is 0.508 e. The van der Waals surface area contributed by atoms with E-state index >= 15 is 0 Å². The van der Waals surface area contributed by atoms with Gasteiger partial charge >= 0.3 is 17.9 Å². The Hall–Kier alpha value is -6.29. The standard InChI is InChI=1S/C42H58N8O16S3/c1-20(51)34(50-40(63)30(17-33(56)57)47-37(60)27(13-14-69-2)45-36(59)26(11-12-32(54)55)44-35(58)25(43)18-67)41(64)48-29(16-22-5-9-24(53)10-6-22)38(61)46-28(15-21-3-7-23(52)8-4-21)39(62)49-31(19-68)42(65)66/h3-10,20,25-31,34,51-53,67-68H,11-19,43H2,1-2H3,(H,44,58)(H,45,59)(H,46,61)(H,47,60)(H,48,64)(H,49,62)(H,50,63)(H,54,55)(H,56,57)(H,65,66)/t20-,25+,26+,27+,28+,29+,30+,31+,34+/m1/s1. The molecular weight excluding hydrogens is 969 g/mol. The minimum Gasteiger partial charge on any atom is -0.508 e. The summed E-state index contributed by atoms with van der Waals surface area (Å²) in [5.74, 6) is -12.4. The van der Waals surface area contributed by atoms with Gasteiger partial charge in [0.2, 0.25) is 41.4 Å². The zero-order valence-corrected chi connectivity index (χ0v) is 39.9. The molecule has 2 aromatic rings. The van der Waals surface area contributed by atoms with Crippen LogP contribution in [0.1, 0.15) is 43.7 Å². The number of hydrogen-bond acceptors (Lipinski definition) is 17. The number of aromatic hydroxyl groups is 2. The zero-order chi connectivity index (χ0) is 52.0. The van der Waals surface area contributed by atoms with Crippen LogP contribution in [0.2, 0.25) is 0 Å². The highest BCUT2D eigenvalue weighted by molar-refractivity contribution is 7.98. The van der Waals surface area contributed by atoms with Crippen LogP contribution >= 0.6 is 37.0 Å². The van der Waals surface area contributed by atoms with Gasteiger partial charge in [-0.15, -0.1) is 0 Å². The molecule has 0 saturated carbocycles. The Bertz CT molecular complexity index is 2120. The number of phenolic OH excluding ortho intramolecular Hbond substituents is 2. The summed E-state index contributed by atoms with van der Waals surface area (Å²) in [4.78, 5) is 130. The predicted octanol–water partition coefficient (Wildman–Crippen LogP) is -2.98. The number of amides is 7. The molecule has 0 aromatic heterocycles. The predicted molar refractivity (Wildman–Crippen MR) is 254 cm³/mol. The Kier molecular flexibility index (Phi) is 25.2. The number of thiol groups is 2. The third-order valence-corrected chi connectivity index (χ3v) is 11.3. The van der Waals surface area contributed by atoms with Crippen LogP contribution in [0, 0.1) is 0 Å². The topological polar surface area (TPSA) is 402 Å². The van der Waals surface area contributed by atoms with Crippen molar-refractivity contribution in [3.8, 4) is 11.5 Å². The Morgan fingerprint density at radius 1 is 0.551 bits per heavy atom. The van der Waals surface area contributed by atoms with E-state index in [0.717, 1.165) is 6.92 Å². The maximum Gasteiger partial charge on any atom is 0.327 e. The third-order valence-electron chi connectivity index (χ3n) is 9.95. The van der Waals surface area contributed by atoms with Crippen molar-refractivity contribution >= 4 is 96.3 Å². The average molecular weight is 1030 g/mol. The maximum absolute atomic E-state index is 14.1. The van der Waals surface area contributed by atoms with Gasteiger partial charge in [0.25, 0.3) is 0 Å². The van der Waals surface area contributed by atoms with Gasteiger partial charge < -0.3 is 73.6 Å². The van der Waals surface area contributed by atoms with Crippen molar-refractivity contribution in [2.24, 2.45) is 5.73 Å². The van der Waals surface area contributed by atoms with E-state index < -0.39 is 133 Å². The number of nitrogens with one attached hydrogen (secondary N) is 7. The van der Waals surface area contributed by atoms with E-state index in [-0.39, 0.29) is 48.0 Å². The summed E-state index contributed by atoms with van der Waals surface area (Å²) in [6, 6.07) is -1.90. The first-order valence-electron chi connectivity index (χ1n) is 21.0. The lowest BCUT2D eigenvalue weighted by atomic mass is 10.0. The molecule has 0 aliphatic heterocycles. The number of aliphatic hydroxyl groups is 1. The lowest BCUT2D eigenvalue weighted by Crippen LogP contribution is -2.62. The van der Waals surface area contributed by atoms with Crippen molar-refractivity contribution in [2.45, 2.75) is 99.9 Å². The number of nitrogens with two attached hydrogens (primary N) is 1. The number of aliphatic hydroxyl groups excluding tert-OH is 1. The van der Waals surface area contributed by atoms with Gasteiger partial charge in [0, 0.05) is 30.8 Å². The molecule has 27 heteroatoms. The molecule has 0 aliphatic rings. The highest BCUT2D eigenvalue weighted by Crippen LogP contribution is 2.15. The fraction of sp³-hybridized carbons (Fsp3) is 0.476. The highest BCUT2D eigenvalue weighted by atomic mass is 32.2. The monoisotopic (exact) mass is 1030 g/mol. The summed E-state index contributed by atoms with van der Waals surface area (Å²) in [5.41, 5.74) is 6.44. The molecule has 9 atom stereocenters. The summed E-state index contributed by atoms with van der Waals surface area (Å²) in [7, 11) is 0. The second kappa shape index (κ2) is 29.6. The van der Waals surface area contributed by atoms with E-state index in [9.17, 15) is 78.6 Å². The van der Waals surface area contributed by atoms with E-state index in [1.54, 1.807) is 6.26 Å². The number of carboxylic acids is 3. The van der Waals surface area contributed by atoms with Crippen molar-refractivity contribution in [3.05, 3.63) is 59.7 Å². The molecule has 0 heterocycles. The normalized spacial score (nSPS) is 14.9. The Morgan fingerprint density at radius 3 is 1.38 bits per heavy atom. The second-order valence-corrected chi connectivity index (χ2v) is 17.2. The first kappa shape index (κ1) is 58.8. The molecule has 24 nitrogen and oxygen atoms in total. The summed E-state index contributed by atoms with van der Waals surface area (Å²) < 4.78 is 0. The van der Waals surface area contributed by atoms with Crippen LogP contribution in [0.4, 0.5) is 0 Å².